The maximum Gasteiger partial charge on any atom is 0.262 e. The van der Waals surface area contributed by atoms with Gasteiger partial charge in [-0.05, 0) is 12.5 Å². The topological polar surface area (TPSA) is 41.5 Å². The van der Waals surface area contributed by atoms with Crippen molar-refractivity contribution in [2.75, 3.05) is 0 Å². The molecule has 0 fully saturated rings. The number of carbonyl (C=O) groups excluding carboxylic acids is 1. The first-order valence-corrected chi connectivity index (χ1v) is 3.33. The number of hydrogen-bond donors (Lipinski definition) is 1. The molecule has 3 nitrogen and oxygen atoms in total. The fraction of sp³-hybridized carbons (Fsp3) is 0.429. The number of amides is 1. The Hall–Kier alpha value is -1.12. The van der Waals surface area contributed by atoms with Crippen LogP contribution in [0.2, 0.25) is 0 Å². The van der Waals surface area contributed by atoms with Crippen LogP contribution in [-0.4, -0.2) is 18.2 Å². The van der Waals surface area contributed by atoms with E-state index in [9.17, 15) is 4.79 Å². The molecule has 3 heteroatoms. The Morgan fingerprint density at radius 3 is 3.30 bits per heavy atom. The molecule has 0 aromatic heterocycles. The average Bonchev–Trinajstić information content (AvgIpc) is 2.13. The number of hydrogen-bond acceptors (Lipinski definition) is 2. The standard InChI is InChI=1S/C7H10N2O/c1-2-6-3-4-8-5-7(10)9-6/h3-6H,2H2,1H3,(H,9,10). The predicted octanol–water partition coefficient (Wildman–Crippen LogP) is 0.479. The Labute approximate surface area is 59.8 Å². The third-order valence-corrected chi connectivity index (χ3v) is 1.36. The fourth-order valence-corrected chi connectivity index (χ4v) is 0.771. The van der Waals surface area contributed by atoms with Crippen molar-refractivity contribution < 1.29 is 4.79 Å². The van der Waals surface area contributed by atoms with Crippen molar-refractivity contribution in [3.05, 3.63) is 12.3 Å². The molecule has 1 aliphatic heterocycles. The predicted molar refractivity (Wildman–Crippen MR) is 39.9 cm³/mol. The van der Waals surface area contributed by atoms with Crippen LogP contribution in [0.5, 0.6) is 0 Å². The molecule has 1 aliphatic rings. The molecule has 1 unspecified atom stereocenters. The van der Waals surface area contributed by atoms with E-state index in [1.54, 1.807) is 6.20 Å². The molecule has 10 heavy (non-hydrogen) atoms. The molecule has 1 rings (SSSR count). The van der Waals surface area contributed by atoms with Crippen molar-refractivity contribution in [1.29, 1.82) is 0 Å². The highest BCUT2D eigenvalue weighted by atomic mass is 16.1. The van der Waals surface area contributed by atoms with Crippen LogP contribution in [-0.2, 0) is 4.79 Å². The zero-order valence-electron chi connectivity index (χ0n) is 5.87. The van der Waals surface area contributed by atoms with E-state index in [0.717, 1.165) is 6.42 Å². The summed E-state index contributed by atoms with van der Waals surface area (Å²) in [6, 6.07) is 0.148. The second-order valence-corrected chi connectivity index (χ2v) is 2.14. The first-order chi connectivity index (χ1) is 4.83. The Balaban J connectivity index is 2.59. The van der Waals surface area contributed by atoms with Gasteiger partial charge in [-0.2, -0.15) is 0 Å². The van der Waals surface area contributed by atoms with Crippen LogP contribution in [0.1, 0.15) is 13.3 Å². The van der Waals surface area contributed by atoms with Gasteiger partial charge < -0.3 is 5.32 Å². The van der Waals surface area contributed by atoms with Gasteiger partial charge in [0.05, 0.1) is 6.21 Å². The monoisotopic (exact) mass is 138 g/mol. The molecule has 0 saturated heterocycles. The number of carbonyl (C=O) groups is 1. The van der Waals surface area contributed by atoms with Gasteiger partial charge in [-0.25, -0.2) is 0 Å². The maximum atomic E-state index is 10.8. The summed E-state index contributed by atoms with van der Waals surface area (Å²) < 4.78 is 0. The second kappa shape index (κ2) is 3.15. The Bertz CT molecular complexity index is 184. The van der Waals surface area contributed by atoms with Crippen LogP contribution in [0, 0.1) is 0 Å². The number of aliphatic imine (C=N–C) groups is 1. The lowest BCUT2D eigenvalue weighted by molar-refractivity contribution is -0.114. The summed E-state index contributed by atoms with van der Waals surface area (Å²) >= 11 is 0. The van der Waals surface area contributed by atoms with E-state index < -0.39 is 0 Å². The SMILES string of the molecule is CCC1C=CN=CC(=O)N1. The number of nitrogens with zero attached hydrogens (tertiary/aromatic N) is 1. The van der Waals surface area contributed by atoms with Crippen LogP contribution >= 0.6 is 0 Å². The minimum absolute atomic E-state index is 0.114. The quantitative estimate of drug-likeness (QED) is 0.562. The molecule has 0 radical (unpaired) electrons. The number of rotatable bonds is 1. The van der Waals surface area contributed by atoms with E-state index in [1.807, 2.05) is 13.0 Å². The highest BCUT2D eigenvalue weighted by Crippen LogP contribution is 1.95. The molecule has 0 aromatic rings. The second-order valence-electron chi connectivity index (χ2n) is 2.14. The number of nitrogens with one attached hydrogen (secondary N) is 1. The van der Waals surface area contributed by atoms with Gasteiger partial charge in [-0.15, -0.1) is 0 Å². The van der Waals surface area contributed by atoms with Crippen LogP contribution in [0.25, 0.3) is 0 Å². The van der Waals surface area contributed by atoms with E-state index in [4.69, 9.17) is 0 Å². The van der Waals surface area contributed by atoms with Crippen molar-refractivity contribution in [3.63, 3.8) is 0 Å². The average molecular weight is 138 g/mol. The van der Waals surface area contributed by atoms with E-state index in [-0.39, 0.29) is 11.9 Å². The lowest BCUT2D eigenvalue weighted by Gasteiger charge is -2.07. The van der Waals surface area contributed by atoms with E-state index in [0.29, 0.717) is 0 Å². The van der Waals surface area contributed by atoms with Gasteiger partial charge >= 0.3 is 0 Å². The van der Waals surface area contributed by atoms with Crippen molar-refractivity contribution in [2.45, 2.75) is 19.4 Å². The third-order valence-electron chi connectivity index (χ3n) is 1.36. The van der Waals surface area contributed by atoms with Crippen molar-refractivity contribution in [1.82, 2.24) is 5.32 Å². The lowest BCUT2D eigenvalue weighted by Crippen LogP contribution is -2.32. The minimum Gasteiger partial charge on any atom is -0.345 e. The zero-order chi connectivity index (χ0) is 7.40. The molecule has 1 heterocycles. The molecular formula is C7H10N2O. The maximum absolute atomic E-state index is 10.8. The summed E-state index contributed by atoms with van der Waals surface area (Å²) in [6.45, 7) is 2.01. The Morgan fingerprint density at radius 2 is 2.60 bits per heavy atom. The van der Waals surface area contributed by atoms with Crippen molar-refractivity contribution in [2.24, 2.45) is 4.99 Å². The molecule has 0 spiro atoms. The first-order valence-electron chi connectivity index (χ1n) is 3.33. The summed E-state index contributed by atoms with van der Waals surface area (Å²) in [7, 11) is 0. The van der Waals surface area contributed by atoms with Gasteiger partial charge in [0.1, 0.15) is 0 Å². The molecule has 1 N–H and O–H groups in total. The summed E-state index contributed by atoms with van der Waals surface area (Å²) in [5.41, 5.74) is 0. The summed E-state index contributed by atoms with van der Waals surface area (Å²) in [5.74, 6) is -0.114. The van der Waals surface area contributed by atoms with Crippen molar-refractivity contribution >= 4 is 12.1 Å². The highest BCUT2D eigenvalue weighted by molar-refractivity contribution is 6.26. The van der Waals surface area contributed by atoms with Crippen LogP contribution < -0.4 is 5.32 Å². The van der Waals surface area contributed by atoms with E-state index in [2.05, 4.69) is 10.3 Å². The normalized spacial score (nSPS) is 24.1. The minimum atomic E-state index is -0.114. The van der Waals surface area contributed by atoms with Crippen molar-refractivity contribution in [3.8, 4) is 0 Å². The van der Waals surface area contributed by atoms with Crippen LogP contribution in [0.4, 0.5) is 0 Å². The molecule has 0 bridgehead atoms. The smallest absolute Gasteiger partial charge is 0.262 e. The molecule has 0 saturated carbocycles. The molecule has 54 valence electrons. The summed E-state index contributed by atoms with van der Waals surface area (Å²) in [6.07, 6.45) is 5.71. The van der Waals surface area contributed by atoms with Crippen LogP contribution in [0.3, 0.4) is 0 Å². The first kappa shape index (κ1) is 6.99. The fourth-order valence-electron chi connectivity index (χ4n) is 0.771. The van der Waals surface area contributed by atoms with Gasteiger partial charge in [0.2, 0.25) is 0 Å². The van der Waals surface area contributed by atoms with E-state index >= 15 is 0 Å². The van der Waals surface area contributed by atoms with Gasteiger partial charge in [0.25, 0.3) is 5.91 Å². The van der Waals surface area contributed by atoms with Gasteiger partial charge in [-0.1, -0.05) is 6.92 Å². The summed E-state index contributed by atoms with van der Waals surface area (Å²) in [4.78, 5) is 14.5. The zero-order valence-corrected chi connectivity index (χ0v) is 5.87. The molecule has 0 aromatic carbocycles. The lowest BCUT2D eigenvalue weighted by atomic mass is 10.2. The largest absolute Gasteiger partial charge is 0.345 e. The van der Waals surface area contributed by atoms with E-state index in [1.165, 1.54) is 6.21 Å². The molecular weight excluding hydrogens is 128 g/mol. The summed E-state index contributed by atoms with van der Waals surface area (Å²) in [5, 5.41) is 2.75. The van der Waals surface area contributed by atoms with Gasteiger partial charge in [-0.3, -0.25) is 9.79 Å². The van der Waals surface area contributed by atoms with Crippen LogP contribution in [0.15, 0.2) is 17.3 Å². The Kier molecular flexibility index (Phi) is 2.20. The molecule has 0 aliphatic carbocycles. The van der Waals surface area contributed by atoms with Gasteiger partial charge in [0.15, 0.2) is 0 Å². The highest BCUT2D eigenvalue weighted by Gasteiger charge is 2.05. The Morgan fingerprint density at radius 1 is 1.80 bits per heavy atom. The molecule has 1 amide bonds. The molecule has 1 atom stereocenters. The third kappa shape index (κ3) is 1.69. The van der Waals surface area contributed by atoms with Gasteiger partial charge in [0, 0.05) is 12.2 Å².